The van der Waals surface area contributed by atoms with Crippen molar-refractivity contribution in [1.29, 1.82) is 5.26 Å². The van der Waals surface area contributed by atoms with E-state index in [4.69, 9.17) is 15.0 Å². The summed E-state index contributed by atoms with van der Waals surface area (Å²) < 4.78 is 7.99. The van der Waals surface area contributed by atoms with Crippen LogP contribution in [0.4, 0.5) is 11.6 Å². The molecule has 2 aromatic heterocycles. The molecule has 0 aliphatic carbocycles. The number of hydrogen-bond acceptors (Lipinski definition) is 8. The molecule has 2 aliphatic heterocycles. The van der Waals surface area contributed by atoms with Gasteiger partial charge in [-0.3, -0.25) is 10.00 Å². The SMILES string of the molecule is Cc1cnc(Nc2cnn(C3C[C@H]4CC[C@@H](C3)O4)c2)nc1-c1ccc(C(O)N[C@@H](C)C#N)cc1. The molecule has 2 aliphatic rings. The molecule has 0 saturated carbocycles. The smallest absolute Gasteiger partial charge is 0.227 e. The number of aryl methyl sites for hydroxylation is 1. The summed E-state index contributed by atoms with van der Waals surface area (Å²) in [5.74, 6) is 0.501. The van der Waals surface area contributed by atoms with Gasteiger partial charge in [-0.1, -0.05) is 24.3 Å². The fourth-order valence-corrected chi connectivity index (χ4v) is 4.77. The minimum Gasteiger partial charge on any atom is -0.375 e. The fourth-order valence-electron chi connectivity index (χ4n) is 4.77. The highest BCUT2D eigenvalue weighted by Crippen LogP contribution is 2.38. The van der Waals surface area contributed by atoms with Gasteiger partial charge < -0.3 is 15.2 Å². The van der Waals surface area contributed by atoms with Crippen LogP contribution < -0.4 is 10.6 Å². The van der Waals surface area contributed by atoms with Gasteiger partial charge in [0.15, 0.2) is 0 Å². The van der Waals surface area contributed by atoms with Gasteiger partial charge in [-0.2, -0.15) is 10.4 Å². The molecule has 5 rings (SSSR count). The summed E-state index contributed by atoms with van der Waals surface area (Å²) in [4.78, 5) is 9.17. The van der Waals surface area contributed by atoms with Crippen LogP contribution in [0.5, 0.6) is 0 Å². The van der Waals surface area contributed by atoms with Gasteiger partial charge in [-0.05, 0) is 50.7 Å². The van der Waals surface area contributed by atoms with Gasteiger partial charge in [0, 0.05) is 18.0 Å². The number of fused-ring (bicyclic) bond motifs is 2. The minimum atomic E-state index is -0.908. The first-order valence-electron chi connectivity index (χ1n) is 11.7. The first-order valence-corrected chi connectivity index (χ1v) is 11.7. The fraction of sp³-hybridized carbons (Fsp3) is 0.440. The zero-order valence-electron chi connectivity index (χ0n) is 19.3. The van der Waals surface area contributed by atoms with E-state index < -0.39 is 12.3 Å². The maximum absolute atomic E-state index is 10.3. The van der Waals surface area contributed by atoms with Crippen molar-refractivity contribution in [1.82, 2.24) is 25.1 Å². The molecule has 1 aromatic carbocycles. The van der Waals surface area contributed by atoms with E-state index in [0.717, 1.165) is 48.2 Å². The topological polar surface area (TPSA) is 121 Å². The first kappa shape index (κ1) is 22.5. The molecule has 0 spiro atoms. The third-order valence-corrected chi connectivity index (χ3v) is 6.57. The number of aliphatic hydroxyl groups excluding tert-OH is 1. The molecule has 4 heterocycles. The van der Waals surface area contributed by atoms with Crippen LogP contribution in [0.25, 0.3) is 11.3 Å². The molecule has 2 saturated heterocycles. The van der Waals surface area contributed by atoms with Crippen molar-refractivity contribution in [2.24, 2.45) is 0 Å². The number of rotatable bonds is 7. The Hall–Kier alpha value is -3.32. The van der Waals surface area contributed by atoms with Gasteiger partial charge in [0.05, 0.1) is 47.9 Å². The molecule has 2 fully saturated rings. The van der Waals surface area contributed by atoms with Gasteiger partial charge in [0.25, 0.3) is 0 Å². The Morgan fingerprint density at radius 2 is 1.91 bits per heavy atom. The normalized spacial score (nSPS) is 23.3. The van der Waals surface area contributed by atoms with E-state index in [2.05, 4.69) is 26.8 Å². The predicted molar refractivity (Wildman–Crippen MR) is 127 cm³/mol. The largest absolute Gasteiger partial charge is 0.375 e. The highest BCUT2D eigenvalue weighted by molar-refractivity contribution is 5.65. The number of nitriles is 1. The third-order valence-electron chi connectivity index (χ3n) is 6.57. The molecule has 2 bridgehead atoms. The number of benzene rings is 1. The highest BCUT2D eigenvalue weighted by atomic mass is 16.5. The zero-order valence-corrected chi connectivity index (χ0v) is 19.3. The lowest BCUT2D eigenvalue weighted by Crippen LogP contribution is -2.28. The van der Waals surface area contributed by atoms with Crippen molar-refractivity contribution in [2.45, 2.75) is 70.1 Å². The summed E-state index contributed by atoms with van der Waals surface area (Å²) in [6.07, 6.45) is 9.79. The summed E-state index contributed by atoms with van der Waals surface area (Å²) in [6, 6.07) is 9.46. The molecule has 9 nitrogen and oxygen atoms in total. The van der Waals surface area contributed by atoms with Gasteiger partial charge in [-0.15, -0.1) is 0 Å². The second kappa shape index (κ2) is 9.50. The molecular weight excluding hydrogens is 430 g/mol. The Bertz CT molecular complexity index is 1170. The Labute approximate surface area is 198 Å². The number of aliphatic hydroxyl groups is 1. The van der Waals surface area contributed by atoms with Crippen LogP contribution in [-0.4, -0.2) is 43.1 Å². The van der Waals surface area contributed by atoms with E-state index in [-0.39, 0.29) is 0 Å². The monoisotopic (exact) mass is 459 g/mol. The number of anilines is 2. The standard InChI is InChI=1S/C25H29N7O2/c1-15-12-27-25(30-19-13-28-32(14-19)20-9-21-7-8-22(10-20)34-21)31-23(15)17-3-5-18(6-4-17)24(33)29-16(2)11-26/h3-6,12-14,16,20-22,24,29,33H,7-10H2,1-2H3,(H,27,30,31)/t16-,20?,21-,22+,24?/m0/s1. The lowest BCUT2D eigenvalue weighted by molar-refractivity contribution is -0.0180. The molecule has 3 aromatic rings. The van der Waals surface area contributed by atoms with E-state index >= 15 is 0 Å². The number of nitrogens with zero attached hydrogens (tertiary/aromatic N) is 5. The van der Waals surface area contributed by atoms with Crippen LogP contribution in [0.3, 0.4) is 0 Å². The van der Waals surface area contributed by atoms with Crippen molar-refractivity contribution in [2.75, 3.05) is 5.32 Å². The van der Waals surface area contributed by atoms with Gasteiger partial charge in [0.1, 0.15) is 6.23 Å². The van der Waals surface area contributed by atoms with E-state index in [1.165, 1.54) is 0 Å². The average Bonchev–Trinajstić information content (AvgIpc) is 3.45. The summed E-state index contributed by atoms with van der Waals surface area (Å²) in [5.41, 5.74) is 4.21. The molecule has 0 radical (unpaired) electrons. The van der Waals surface area contributed by atoms with E-state index in [0.29, 0.717) is 29.8 Å². The number of ether oxygens (including phenoxy) is 1. The third kappa shape index (κ3) is 4.80. The second-order valence-electron chi connectivity index (χ2n) is 9.18. The number of aromatic nitrogens is 4. The average molecular weight is 460 g/mol. The highest BCUT2D eigenvalue weighted by Gasteiger charge is 2.36. The van der Waals surface area contributed by atoms with Crippen molar-refractivity contribution >= 4 is 11.6 Å². The van der Waals surface area contributed by atoms with E-state index in [9.17, 15) is 5.11 Å². The second-order valence-corrected chi connectivity index (χ2v) is 9.18. The Morgan fingerprint density at radius 1 is 1.18 bits per heavy atom. The van der Waals surface area contributed by atoms with Gasteiger partial charge >= 0.3 is 0 Å². The van der Waals surface area contributed by atoms with Crippen LogP contribution in [0.15, 0.2) is 42.9 Å². The van der Waals surface area contributed by atoms with Crippen molar-refractivity contribution in [3.63, 3.8) is 0 Å². The molecular formula is C25H29N7O2. The lowest BCUT2D eigenvalue weighted by atomic mass is 10.0. The van der Waals surface area contributed by atoms with Crippen LogP contribution in [0.2, 0.25) is 0 Å². The molecule has 0 amide bonds. The first-order chi connectivity index (χ1) is 16.5. The van der Waals surface area contributed by atoms with Crippen LogP contribution in [0, 0.1) is 18.3 Å². The Balaban J connectivity index is 1.29. The summed E-state index contributed by atoms with van der Waals surface area (Å²) in [5, 5.41) is 29.9. The molecule has 34 heavy (non-hydrogen) atoms. The minimum absolute atomic E-state index is 0.366. The number of hydrogen-bond donors (Lipinski definition) is 3. The molecule has 5 atom stereocenters. The predicted octanol–water partition coefficient (Wildman–Crippen LogP) is 3.77. The maximum Gasteiger partial charge on any atom is 0.227 e. The Morgan fingerprint density at radius 3 is 2.62 bits per heavy atom. The van der Waals surface area contributed by atoms with Gasteiger partial charge in [0.2, 0.25) is 5.95 Å². The zero-order chi connectivity index (χ0) is 23.7. The van der Waals surface area contributed by atoms with Crippen molar-refractivity contribution in [3.8, 4) is 17.3 Å². The summed E-state index contributed by atoms with van der Waals surface area (Å²) in [6.45, 7) is 3.67. The Kier molecular flexibility index (Phi) is 6.28. The van der Waals surface area contributed by atoms with Crippen molar-refractivity contribution in [3.05, 3.63) is 54.0 Å². The maximum atomic E-state index is 10.3. The van der Waals surface area contributed by atoms with E-state index in [1.807, 2.05) is 48.3 Å². The molecule has 2 unspecified atom stereocenters. The molecule has 176 valence electrons. The lowest BCUT2D eigenvalue weighted by Gasteiger charge is -2.28. The number of nitrogens with one attached hydrogen (secondary N) is 2. The van der Waals surface area contributed by atoms with E-state index in [1.54, 1.807) is 13.1 Å². The van der Waals surface area contributed by atoms with Gasteiger partial charge in [-0.25, -0.2) is 9.97 Å². The summed E-state index contributed by atoms with van der Waals surface area (Å²) >= 11 is 0. The van der Waals surface area contributed by atoms with Crippen LogP contribution >= 0.6 is 0 Å². The summed E-state index contributed by atoms with van der Waals surface area (Å²) in [7, 11) is 0. The quantitative estimate of drug-likeness (QED) is 0.457. The molecule has 9 heteroatoms. The van der Waals surface area contributed by atoms with Crippen LogP contribution in [-0.2, 0) is 4.74 Å². The van der Waals surface area contributed by atoms with Crippen LogP contribution in [0.1, 0.15) is 56.0 Å². The van der Waals surface area contributed by atoms with Crippen molar-refractivity contribution < 1.29 is 9.84 Å². The molecule has 3 N–H and O–H groups in total.